The van der Waals surface area contributed by atoms with Gasteiger partial charge in [0.25, 0.3) is 0 Å². The van der Waals surface area contributed by atoms with Gasteiger partial charge in [0.15, 0.2) is 0 Å². The molecule has 0 saturated carbocycles. The number of sulfonamides is 1. The Balaban J connectivity index is 2.14. The van der Waals surface area contributed by atoms with E-state index in [0.29, 0.717) is 22.9 Å². The van der Waals surface area contributed by atoms with Crippen LogP contribution in [0.1, 0.15) is 37.5 Å². The van der Waals surface area contributed by atoms with Gasteiger partial charge < -0.3 is 0 Å². The van der Waals surface area contributed by atoms with Crippen LogP contribution in [0.15, 0.2) is 47.4 Å². The number of hydrogen-bond acceptors (Lipinski definition) is 2. The fourth-order valence-corrected chi connectivity index (χ4v) is 3.84. The molecule has 130 valence electrons. The molecule has 0 bridgehead atoms. The van der Waals surface area contributed by atoms with Crippen LogP contribution in [-0.2, 0) is 21.9 Å². The van der Waals surface area contributed by atoms with E-state index < -0.39 is 10.0 Å². The van der Waals surface area contributed by atoms with Crippen LogP contribution in [0.3, 0.4) is 0 Å². The Morgan fingerprint density at radius 1 is 1.04 bits per heavy atom. The minimum Gasteiger partial charge on any atom is -0.211 e. The summed E-state index contributed by atoms with van der Waals surface area (Å²) in [5, 5.41) is 0.675. The molecule has 0 aliphatic carbocycles. The Morgan fingerprint density at radius 3 is 2.25 bits per heavy atom. The predicted molar refractivity (Wildman–Crippen MR) is 100 cm³/mol. The molecule has 0 amide bonds. The van der Waals surface area contributed by atoms with Crippen LogP contribution in [0.2, 0.25) is 5.02 Å². The Labute approximate surface area is 150 Å². The fraction of sp³-hybridized carbons (Fsp3) is 0.368. The van der Waals surface area contributed by atoms with E-state index in [4.69, 9.17) is 11.6 Å². The van der Waals surface area contributed by atoms with Crippen molar-refractivity contribution in [1.82, 2.24) is 4.72 Å². The molecule has 0 spiro atoms. The van der Waals surface area contributed by atoms with Crippen molar-refractivity contribution in [2.75, 3.05) is 6.54 Å². The molecule has 0 fully saturated rings. The Bertz CT molecular complexity index is 806. The second-order valence-electron chi connectivity index (χ2n) is 7.00. The molecular weight excluding hydrogens is 342 g/mol. The summed E-state index contributed by atoms with van der Waals surface area (Å²) in [6, 6.07) is 13.1. The van der Waals surface area contributed by atoms with Crippen LogP contribution in [0, 0.1) is 6.92 Å². The number of aryl methyl sites for hydroxylation is 1. The van der Waals surface area contributed by atoms with Gasteiger partial charge in [0.1, 0.15) is 0 Å². The van der Waals surface area contributed by atoms with Gasteiger partial charge in [-0.3, -0.25) is 0 Å². The molecule has 2 aromatic carbocycles. The average molecular weight is 366 g/mol. The summed E-state index contributed by atoms with van der Waals surface area (Å²) < 4.78 is 28.0. The van der Waals surface area contributed by atoms with Gasteiger partial charge in [-0.25, -0.2) is 13.1 Å². The zero-order valence-corrected chi connectivity index (χ0v) is 16.1. The Hall–Kier alpha value is -1.36. The lowest BCUT2D eigenvalue weighted by molar-refractivity contribution is 0.575. The van der Waals surface area contributed by atoms with E-state index in [9.17, 15) is 8.42 Å². The minimum absolute atomic E-state index is 0.0960. The highest BCUT2D eigenvalue weighted by Gasteiger charge is 2.21. The lowest BCUT2D eigenvalue weighted by Gasteiger charge is -2.21. The highest BCUT2D eigenvalue weighted by atomic mass is 35.5. The molecule has 0 aliphatic heterocycles. The van der Waals surface area contributed by atoms with Crippen molar-refractivity contribution in [2.24, 2.45) is 0 Å². The van der Waals surface area contributed by atoms with Gasteiger partial charge in [-0.1, -0.05) is 56.6 Å². The average Bonchev–Trinajstić information content (AvgIpc) is 2.48. The Morgan fingerprint density at radius 2 is 1.67 bits per heavy atom. The van der Waals surface area contributed by atoms with Gasteiger partial charge in [0.2, 0.25) is 10.0 Å². The van der Waals surface area contributed by atoms with Crippen molar-refractivity contribution < 1.29 is 8.42 Å². The maximum atomic E-state index is 12.6. The SMILES string of the molecule is Cc1ccc(C(C)(C)C)cc1S(=O)(=O)NCCc1ccc(Cl)cc1. The molecule has 0 unspecified atom stereocenters. The third-order valence-electron chi connectivity index (χ3n) is 3.96. The zero-order valence-electron chi connectivity index (χ0n) is 14.6. The van der Waals surface area contributed by atoms with Gasteiger partial charge in [-0.05, 0) is 53.6 Å². The summed E-state index contributed by atoms with van der Waals surface area (Å²) in [4.78, 5) is 0.353. The molecule has 0 aromatic heterocycles. The first-order chi connectivity index (χ1) is 11.1. The van der Waals surface area contributed by atoms with Crippen LogP contribution in [0.4, 0.5) is 0 Å². The second-order valence-corrected chi connectivity index (χ2v) is 9.18. The summed E-state index contributed by atoms with van der Waals surface area (Å²) >= 11 is 5.86. The van der Waals surface area contributed by atoms with E-state index in [1.54, 1.807) is 6.07 Å². The first kappa shape index (κ1) is 19.0. The van der Waals surface area contributed by atoms with Crippen molar-refractivity contribution >= 4 is 21.6 Å². The van der Waals surface area contributed by atoms with Gasteiger partial charge in [0.05, 0.1) is 4.90 Å². The predicted octanol–water partition coefficient (Wildman–Crippen LogP) is 4.47. The molecule has 0 heterocycles. The van der Waals surface area contributed by atoms with Gasteiger partial charge in [0, 0.05) is 11.6 Å². The van der Waals surface area contributed by atoms with Crippen LogP contribution >= 0.6 is 11.6 Å². The minimum atomic E-state index is -3.53. The van der Waals surface area contributed by atoms with E-state index >= 15 is 0 Å². The molecule has 0 aliphatic rings. The zero-order chi connectivity index (χ0) is 18.0. The molecule has 0 saturated heterocycles. The molecule has 5 heteroatoms. The first-order valence-corrected chi connectivity index (χ1v) is 9.81. The van der Waals surface area contributed by atoms with E-state index in [1.165, 1.54) is 0 Å². The van der Waals surface area contributed by atoms with E-state index in [-0.39, 0.29) is 5.41 Å². The topological polar surface area (TPSA) is 46.2 Å². The first-order valence-electron chi connectivity index (χ1n) is 7.95. The summed E-state index contributed by atoms with van der Waals surface area (Å²) in [6.45, 7) is 8.38. The van der Waals surface area contributed by atoms with Crippen LogP contribution in [0.25, 0.3) is 0 Å². The number of nitrogens with one attached hydrogen (secondary N) is 1. The smallest absolute Gasteiger partial charge is 0.211 e. The third kappa shape index (κ3) is 4.82. The van der Waals surface area contributed by atoms with Crippen molar-refractivity contribution in [3.63, 3.8) is 0 Å². The molecule has 2 aromatic rings. The lowest BCUT2D eigenvalue weighted by Crippen LogP contribution is -2.27. The van der Waals surface area contributed by atoms with Crippen LogP contribution in [-0.4, -0.2) is 15.0 Å². The third-order valence-corrected chi connectivity index (χ3v) is 5.82. The standard InChI is InChI=1S/C19H24ClNO2S/c1-14-5-8-16(19(2,3)4)13-18(14)24(22,23)21-12-11-15-6-9-17(20)10-7-15/h5-10,13,21H,11-12H2,1-4H3. The van der Waals surface area contributed by atoms with Gasteiger partial charge in [-0.15, -0.1) is 0 Å². The second kappa shape index (κ2) is 7.26. The highest BCUT2D eigenvalue weighted by molar-refractivity contribution is 7.89. The van der Waals surface area contributed by atoms with E-state index in [0.717, 1.165) is 16.7 Å². The fourth-order valence-electron chi connectivity index (χ4n) is 2.41. The van der Waals surface area contributed by atoms with E-state index in [2.05, 4.69) is 25.5 Å². The van der Waals surface area contributed by atoms with Crippen LogP contribution in [0.5, 0.6) is 0 Å². The van der Waals surface area contributed by atoms with Gasteiger partial charge >= 0.3 is 0 Å². The number of halogens is 1. The molecule has 1 N–H and O–H groups in total. The quantitative estimate of drug-likeness (QED) is 0.849. The van der Waals surface area contributed by atoms with Crippen LogP contribution < -0.4 is 4.72 Å². The summed E-state index contributed by atoms with van der Waals surface area (Å²) in [5.41, 5.74) is 2.71. The molecule has 3 nitrogen and oxygen atoms in total. The normalized spacial score (nSPS) is 12.4. The lowest BCUT2D eigenvalue weighted by atomic mass is 9.87. The molecule has 24 heavy (non-hydrogen) atoms. The number of benzene rings is 2. The summed E-state index contributed by atoms with van der Waals surface area (Å²) in [5.74, 6) is 0. The molecule has 2 rings (SSSR count). The maximum absolute atomic E-state index is 12.6. The number of rotatable bonds is 5. The van der Waals surface area contributed by atoms with Crippen molar-refractivity contribution in [3.05, 3.63) is 64.2 Å². The summed E-state index contributed by atoms with van der Waals surface area (Å²) in [6.07, 6.45) is 0.619. The highest BCUT2D eigenvalue weighted by Crippen LogP contribution is 2.26. The summed E-state index contributed by atoms with van der Waals surface area (Å²) in [7, 11) is -3.53. The Kier molecular flexibility index (Phi) is 5.74. The maximum Gasteiger partial charge on any atom is 0.240 e. The largest absolute Gasteiger partial charge is 0.240 e. The molecule has 0 atom stereocenters. The molecular formula is C19H24ClNO2S. The van der Waals surface area contributed by atoms with Crippen molar-refractivity contribution in [3.8, 4) is 0 Å². The van der Waals surface area contributed by atoms with Gasteiger partial charge in [-0.2, -0.15) is 0 Å². The monoisotopic (exact) mass is 365 g/mol. The molecule has 0 radical (unpaired) electrons. The number of hydrogen-bond donors (Lipinski definition) is 1. The van der Waals surface area contributed by atoms with Crippen molar-refractivity contribution in [2.45, 2.75) is 44.4 Å². The van der Waals surface area contributed by atoms with Crippen molar-refractivity contribution in [1.29, 1.82) is 0 Å². The van der Waals surface area contributed by atoms with E-state index in [1.807, 2.05) is 43.3 Å².